The van der Waals surface area contributed by atoms with Crippen molar-refractivity contribution in [1.82, 2.24) is 9.97 Å². The Morgan fingerprint density at radius 1 is 1.33 bits per heavy atom. The Bertz CT molecular complexity index is 401. The minimum absolute atomic E-state index is 0.0717. The number of aliphatic carboxylic acids is 1. The molecule has 0 amide bonds. The summed E-state index contributed by atoms with van der Waals surface area (Å²) < 4.78 is 0. The fourth-order valence-corrected chi connectivity index (χ4v) is 2.08. The first kappa shape index (κ1) is 12.6. The molecule has 0 bridgehead atoms. The van der Waals surface area contributed by atoms with Crippen molar-refractivity contribution in [3.8, 4) is 0 Å². The molecular weight excluding hydrogens is 232 g/mol. The van der Waals surface area contributed by atoms with Gasteiger partial charge in [0.2, 0.25) is 0 Å². The van der Waals surface area contributed by atoms with Crippen LogP contribution in [0.15, 0.2) is 12.4 Å². The van der Waals surface area contributed by atoms with E-state index in [1.807, 2.05) is 0 Å². The van der Waals surface area contributed by atoms with E-state index in [1.54, 1.807) is 24.3 Å². The number of likely N-dealkylation sites (N-methyl/N-ethyl adjacent to an activating group) is 1. The summed E-state index contributed by atoms with van der Waals surface area (Å²) in [6.07, 6.45) is 7.03. The van der Waals surface area contributed by atoms with E-state index in [4.69, 9.17) is 5.11 Å². The largest absolute Gasteiger partial charge is 0.480 e. The van der Waals surface area contributed by atoms with Gasteiger partial charge in [0, 0.05) is 20.1 Å². The fraction of sp³-hybridized carbons (Fsp3) is 0.583. The average molecular weight is 250 g/mol. The lowest BCUT2D eigenvalue weighted by Crippen LogP contribution is -2.30. The molecule has 98 valence electrons. The van der Waals surface area contributed by atoms with E-state index in [1.165, 1.54) is 19.3 Å². The molecular formula is C12H18N4O2. The Morgan fingerprint density at radius 2 is 2.06 bits per heavy atom. The van der Waals surface area contributed by atoms with Crippen molar-refractivity contribution in [3.05, 3.63) is 12.4 Å². The number of aromatic nitrogens is 2. The highest BCUT2D eigenvalue weighted by atomic mass is 16.4. The summed E-state index contributed by atoms with van der Waals surface area (Å²) >= 11 is 0. The molecule has 0 radical (unpaired) electrons. The molecule has 2 rings (SSSR count). The standard InChI is InChI=1S/C12H18N4O2/c1-15(9-12(17)18)10-7-14-11(8-13-10)16-5-3-2-4-6-16/h7-8H,2-6,9H2,1H3,(H,17,18). The van der Waals surface area contributed by atoms with Crippen molar-refractivity contribution >= 4 is 17.6 Å². The van der Waals surface area contributed by atoms with Crippen LogP contribution in [0.2, 0.25) is 0 Å². The van der Waals surface area contributed by atoms with E-state index in [-0.39, 0.29) is 6.54 Å². The summed E-state index contributed by atoms with van der Waals surface area (Å²) in [5.74, 6) is 0.583. The molecule has 1 aromatic rings. The summed E-state index contributed by atoms with van der Waals surface area (Å²) in [5, 5.41) is 8.71. The van der Waals surface area contributed by atoms with Gasteiger partial charge in [0.15, 0.2) is 0 Å². The van der Waals surface area contributed by atoms with Gasteiger partial charge in [-0.3, -0.25) is 4.79 Å². The summed E-state index contributed by atoms with van der Waals surface area (Å²) in [5.41, 5.74) is 0. The topological polar surface area (TPSA) is 69.6 Å². The van der Waals surface area contributed by atoms with Gasteiger partial charge in [0.1, 0.15) is 18.2 Å². The highest BCUT2D eigenvalue weighted by molar-refractivity contribution is 5.72. The number of hydrogen-bond acceptors (Lipinski definition) is 5. The molecule has 1 N–H and O–H groups in total. The number of nitrogens with zero attached hydrogens (tertiary/aromatic N) is 4. The third-order valence-electron chi connectivity index (χ3n) is 3.07. The molecule has 1 aliphatic rings. The second-order valence-corrected chi connectivity index (χ2v) is 4.53. The highest BCUT2D eigenvalue weighted by Crippen LogP contribution is 2.17. The zero-order valence-corrected chi connectivity index (χ0v) is 10.5. The van der Waals surface area contributed by atoms with Crippen LogP contribution in [-0.4, -0.2) is 47.7 Å². The minimum atomic E-state index is -0.876. The Morgan fingerprint density at radius 3 is 2.61 bits per heavy atom. The highest BCUT2D eigenvalue weighted by Gasteiger charge is 2.13. The third kappa shape index (κ3) is 3.09. The van der Waals surface area contributed by atoms with Crippen LogP contribution in [0.4, 0.5) is 11.6 Å². The van der Waals surface area contributed by atoms with E-state index in [0.29, 0.717) is 5.82 Å². The van der Waals surface area contributed by atoms with Crippen molar-refractivity contribution in [1.29, 1.82) is 0 Å². The number of rotatable bonds is 4. The molecule has 1 saturated heterocycles. The molecule has 1 aromatic heterocycles. The van der Waals surface area contributed by atoms with E-state index in [9.17, 15) is 4.79 Å². The second-order valence-electron chi connectivity index (χ2n) is 4.53. The average Bonchev–Trinajstić information content (AvgIpc) is 2.39. The van der Waals surface area contributed by atoms with E-state index in [0.717, 1.165) is 18.9 Å². The molecule has 0 unspecified atom stereocenters. The Labute approximate surface area is 106 Å². The van der Waals surface area contributed by atoms with Crippen molar-refractivity contribution in [2.45, 2.75) is 19.3 Å². The van der Waals surface area contributed by atoms with Crippen LogP contribution in [0.5, 0.6) is 0 Å². The maximum Gasteiger partial charge on any atom is 0.323 e. The van der Waals surface area contributed by atoms with E-state index in [2.05, 4.69) is 14.9 Å². The van der Waals surface area contributed by atoms with Gasteiger partial charge >= 0.3 is 5.97 Å². The van der Waals surface area contributed by atoms with Gasteiger partial charge in [-0.15, -0.1) is 0 Å². The van der Waals surface area contributed by atoms with Gasteiger partial charge in [-0.05, 0) is 19.3 Å². The second kappa shape index (κ2) is 5.66. The van der Waals surface area contributed by atoms with E-state index >= 15 is 0 Å². The van der Waals surface area contributed by atoms with Gasteiger partial charge in [0.25, 0.3) is 0 Å². The van der Waals surface area contributed by atoms with Crippen LogP contribution < -0.4 is 9.80 Å². The lowest BCUT2D eigenvalue weighted by Gasteiger charge is -2.27. The molecule has 0 spiro atoms. The number of carbonyl (C=O) groups is 1. The van der Waals surface area contributed by atoms with Crippen LogP contribution in [-0.2, 0) is 4.79 Å². The number of carboxylic acid groups (broad SMARTS) is 1. The van der Waals surface area contributed by atoms with Crippen LogP contribution in [0.25, 0.3) is 0 Å². The van der Waals surface area contributed by atoms with Crippen LogP contribution in [0.1, 0.15) is 19.3 Å². The first-order chi connectivity index (χ1) is 8.66. The zero-order chi connectivity index (χ0) is 13.0. The first-order valence-corrected chi connectivity index (χ1v) is 6.17. The first-order valence-electron chi connectivity index (χ1n) is 6.17. The molecule has 0 aliphatic carbocycles. The molecule has 0 aromatic carbocycles. The maximum atomic E-state index is 10.6. The molecule has 0 saturated carbocycles. The van der Waals surface area contributed by atoms with Crippen molar-refractivity contribution in [2.24, 2.45) is 0 Å². The zero-order valence-electron chi connectivity index (χ0n) is 10.5. The molecule has 1 aliphatic heterocycles. The summed E-state index contributed by atoms with van der Waals surface area (Å²) in [7, 11) is 1.69. The van der Waals surface area contributed by atoms with Crippen LogP contribution in [0.3, 0.4) is 0 Å². The van der Waals surface area contributed by atoms with Crippen molar-refractivity contribution < 1.29 is 9.90 Å². The summed E-state index contributed by atoms with van der Waals surface area (Å²) in [4.78, 5) is 23.0. The van der Waals surface area contributed by atoms with Crippen molar-refractivity contribution in [2.75, 3.05) is 36.5 Å². The Balaban J connectivity index is 2.02. The van der Waals surface area contributed by atoms with Gasteiger partial charge in [-0.1, -0.05) is 0 Å². The quantitative estimate of drug-likeness (QED) is 0.859. The number of hydrogen-bond donors (Lipinski definition) is 1. The fourth-order valence-electron chi connectivity index (χ4n) is 2.08. The lowest BCUT2D eigenvalue weighted by atomic mass is 10.1. The van der Waals surface area contributed by atoms with Gasteiger partial charge in [0.05, 0.1) is 12.4 Å². The van der Waals surface area contributed by atoms with Gasteiger partial charge in [-0.25, -0.2) is 9.97 Å². The van der Waals surface area contributed by atoms with Gasteiger partial charge in [-0.2, -0.15) is 0 Å². The van der Waals surface area contributed by atoms with Crippen LogP contribution >= 0.6 is 0 Å². The normalized spacial score (nSPS) is 15.5. The minimum Gasteiger partial charge on any atom is -0.480 e. The van der Waals surface area contributed by atoms with Crippen molar-refractivity contribution in [3.63, 3.8) is 0 Å². The molecule has 2 heterocycles. The smallest absolute Gasteiger partial charge is 0.323 e. The van der Waals surface area contributed by atoms with Crippen LogP contribution in [0, 0.1) is 0 Å². The molecule has 1 fully saturated rings. The monoisotopic (exact) mass is 250 g/mol. The SMILES string of the molecule is CN(CC(=O)O)c1cnc(N2CCCCC2)cn1. The molecule has 0 atom stereocenters. The summed E-state index contributed by atoms with van der Waals surface area (Å²) in [6, 6.07) is 0. The lowest BCUT2D eigenvalue weighted by molar-refractivity contribution is -0.135. The molecule has 6 nitrogen and oxygen atoms in total. The predicted octanol–water partition coefficient (Wildman–Crippen LogP) is 0.988. The van der Waals surface area contributed by atoms with Gasteiger partial charge < -0.3 is 14.9 Å². The Kier molecular flexibility index (Phi) is 3.96. The predicted molar refractivity (Wildman–Crippen MR) is 69.0 cm³/mol. The Hall–Kier alpha value is -1.85. The number of carboxylic acids is 1. The summed E-state index contributed by atoms with van der Waals surface area (Å²) in [6.45, 7) is 1.98. The number of anilines is 2. The molecule has 18 heavy (non-hydrogen) atoms. The molecule has 6 heteroatoms. The number of piperidine rings is 1. The maximum absolute atomic E-state index is 10.6. The van der Waals surface area contributed by atoms with E-state index < -0.39 is 5.97 Å². The third-order valence-corrected chi connectivity index (χ3v) is 3.07.